The van der Waals surface area contributed by atoms with Gasteiger partial charge in [-0.2, -0.15) is 0 Å². The number of ether oxygens (including phenoxy) is 4. The number of amides is 1. The largest absolute Gasteiger partial charge is 0.493 e. The maximum Gasteiger partial charge on any atom is 0.286 e. The molecule has 1 aliphatic heterocycles. The lowest BCUT2D eigenvalue weighted by Gasteiger charge is -2.18. The number of aliphatic hydroxyl groups excluding tert-OH is 1. The Bertz CT molecular complexity index is 1580. The summed E-state index contributed by atoms with van der Waals surface area (Å²) >= 11 is 0. The van der Waals surface area contributed by atoms with Gasteiger partial charge in [-0.05, 0) is 38.2 Å². The van der Waals surface area contributed by atoms with Crippen LogP contribution < -0.4 is 18.9 Å². The van der Waals surface area contributed by atoms with Crippen molar-refractivity contribution in [3.8, 4) is 23.0 Å². The maximum absolute atomic E-state index is 13.2. The molecule has 1 heterocycles. The van der Waals surface area contributed by atoms with Gasteiger partial charge in [0.25, 0.3) is 17.3 Å². The lowest BCUT2D eigenvalue weighted by atomic mass is 10.1. The van der Waals surface area contributed by atoms with Crippen molar-refractivity contribution in [1.29, 1.82) is 0 Å². The number of nitro benzene ring substituents is 2. The highest BCUT2D eigenvalue weighted by molar-refractivity contribution is 5.99. The topological polar surface area (TPSA) is 181 Å². The second-order valence-electron chi connectivity index (χ2n) is 10.6. The summed E-state index contributed by atoms with van der Waals surface area (Å²) in [4.78, 5) is 48.5. The lowest BCUT2D eigenvalue weighted by molar-refractivity contribution is -0.385. The molecule has 3 aromatic carbocycles. The van der Waals surface area contributed by atoms with Crippen LogP contribution in [0.5, 0.6) is 23.0 Å². The third-order valence-corrected chi connectivity index (χ3v) is 7.34. The molecule has 4 rings (SSSR count). The minimum absolute atomic E-state index is 0.0778. The van der Waals surface area contributed by atoms with Gasteiger partial charge in [-0.1, -0.05) is 30.3 Å². The van der Waals surface area contributed by atoms with Gasteiger partial charge in [-0.15, -0.1) is 0 Å². The van der Waals surface area contributed by atoms with E-state index >= 15 is 0 Å². The van der Waals surface area contributed by atoms with Gasteiger partial charge in [0, 0.05) is 25.2 Å². The van der Waals surface area contributed by atoms with Crippen molar-refractivity contribution in [3.63, 3.8) is 0 Å². The Balaban J connectivity index is 1.41. The molecule has 1 unspecified atom stereocenters. The number of carbonyl (C=O) groups excluding carboxylic acids is 2. The van der Waals surface area contributed by atoms with Crippen LogP contribution in [-0.2, 0) is 6.61 Å². The number of rotatable bonds is 16. The molecule has 1 atom stereocenters. The fourth-order valence-corrected chi connectivity index (χ4v) is 4.93. The highest BCUT2D eigenvalue weighted by atomic mass is 16.6. The van der Waals surface area contributed by atoms with Crippen molar-refractivity contribution in [2.75, 3.05) is 33.4 Å². The lowest BCUT2D eigenvalue weighted by Crippen LogP contribution is -2.30. The number of nitro groups is 2. The predicted octanol–water partition coefficient (Wildman–Crippen LogP) is 5.13. The van der Waals surface area contributed by atoms with E-state index in [1.165, 1.54) is 43.2 Å². The van der Waals surface area contributed by atoms with Crippen LogP contribution in [0.1, 0.15) is 58.9 Å². The minimum atomic E-state index is -0.683. The Morgan fingerprint density at radius 2 is 1.41 bits per heavy atom. The number of likely N-dealkylation sites (tertiary alicyclic amines) is 1. The monoisotopic (exact) mass is 637 g/mol. The number of aliphatic hydroxyl groups is 1. The van der Waals surface area contributed by atoms with Crippen LogP contribution in [0.15, 0.2) is 54.6 Å². The number of unbranched alkanes of at least 4 members (excludes halogenated alkanes) is 2. The molecule has 1 N–H and O–H groups in total. The molecule has 0 saturated carbocycles. The molecular formula is C32H35N3O11. The summed E-state index contributed by atoms with van der Waals surface area (Å²) in [5.74, 6) is -0.420. The van der Waals surface area contributed by atoms with E-state index in [2.05, 4.69) is 0 Å². The molecule has 3 aromatic rings. The number of nitrogens with zero attached hydrogens (tertiary/aromatic N) is 3. The van der Waals surface area contributed by atoms with Gasteiger partial charge in [0.1, 0.15) is 12.2 Å². The molecule has 0 aliphatic carbocycles. The molecule has 0 radical (unpaired) electrons. The zero-order chi connectivity index (χ0) is 33.2. The van der Waals surface area contributed by atoms with E-state index in [9.17, 15) is 34.9 Å². The molecule has 14 nitrogen and oxygen atoms in total. The summed E-state index contributed by atoms with van der Waals surface area (Å²) in [6, 6.07) is 14.2. The fourth-order valence-electron chi connectivity index (χ4n) is 4.93. The second-order valence-corrected chi connectivity index (χ2v) is 10.6. The average Bonchev–Trinajstić information content (AvgIpc) is 3.48. The Hall–Kier alpha value is -5.24. The summed E-state index contributed by atoms with van der Waals surface area (Å²) < 4.78 is 22.8. The first-order chi connectivity index (χ1) is 22.1. The SMILES string of the molecule is COc1cc(C(C)=O)c([N+](=O)[O-])cc1OCCCCCOc1cc([N+](=O)[O-])c(C(=O)N2CCC(O)C2)cc1OCc1ccccc1. The molecule has 0 spiro atoms. The molecule has 1 saturated heterocycles. The van der Waals surface area contributed by atoms with Crippen LogP contribution >= 0.6 is 0 Å². The molecular weight excluding hydrogens is 602 g/mol. The number of Topliss-reactive ketones (excluding diaryl/α,β-unsaturated/α-hetero) is 1. The Morgan fingerprint density at radius 1 is 0.848 bits per heavy atom. The molecule has 1 amide bonds. The van der Waals surface area contributed by atoms with Crippen LogP contribution in [-0.4, -0.2) is 71.1 Å². The first kappa shape index (κ1) is 33.6. The highest BCUT2D eigenvalue weighted by Crippen LogP contribution is 2.37. The first-order valence-electron chi connectivity index (χ1n) is 14.7. The normalized spacial score (nSPS) is 14.1. The van der Waals surface area contributed by atoms with Crippen molar-refractivity contribution in [3.05, 3.63) is 91.5 Å². The quantitative estimate of drug-likeness (QED) is 0.0952. The summed E-state index contributed by atoms with van der Waals surface area (Å²) in [7, 11) is 1.37. The Kier molecular flexibility index (Phi) is 11.5. The van der Waals surface area contributed by atoms with Gasteiger partial charge in [-0.25, -0.2) is 0 Å². The zero-order valence-electron chi connectivity index (χ0n) is 25.5. The first-order valence-corrected chi connectivity index (χ1v) is 14.7. The van der Waals surface area contributed by atoms with Crippen LogP contribution in [0.2, 0.25) is 0 Å². The van der Waals surface area contributed by atoms with Crippen molar-refractivity contribution in [2.45, 2.75) is 45.3 Å². The highest BCUT2D eigenvalue weighted by Gasteiger charge is 2.32. The molecule has 46 heavy (non-hydrogen) atoms. The predicted molar refractivity (Wildman–Crippen MR) is 165 cm³/mol. The van der Waals surface area contributed by atoms with Gasteiger partial charge < -0.3 is 29.0 Å². The zero-order valence-corrected chi connectivity index (χ0v) is 25.5. The molecule has 244 valence electrons. The number of carbonyl (C=O) groups is 2. The van der Waals surface area contributed by atoms with Crippen LogP contribution in [0.25, 0.3) is 0 Å². The van der Waals surface area contributed by atoms with E-state index < -0.39 is 33.3 Å². The van der Waals surface area contributed by atoms with Crippen LogP contribution in [0.3, 0.4) is 0 Å². The van der Waals surface area contributed by atoms with E-state index in [4.69, 9.17) is 18.9 Å². The maximum atomic E-state index is 13.2. The van der Waals surface area contributed by atoms with Crippen LogP contribution in [0.4, 0.5) is 11.4 Å². The second kappa shape index (κ2) is 15.7. The van der Waals surface area contributed by atoms with Gasteiger partial charge in [0.15, 0.2) is 28.8 Å². The van der Waals surface area contributed by atoms with E-state index in [0.29, 0.717) is 25.7 Å². The van der Waals surface area contributed by atoms with Crippen molar-refractivity contribution >= 4 is 23.1 Å². The van der Waals surface area contributed by atoms with E-state index in [0.717, 1.165) is 5.56 Å². The summed E-state index contributed by atoms with van der Waals surface area (Å²) in [6.45, 7) is 2.11. The Labute approximate surface area is 264 Å². The summed E-state index contributed by atoms with van der Waals surface area (Å²) in [5, 5.41) is 33.3. The fraction of sp³-hybridized carbons (Fsp3) is 0.375. The molecule has 0 bridgehead atoms. The van der Waals surface area contributed by atoms with Crippen molar-refractivity contribution in [1.82, 2.24) is 4.90 Å². The van der Waals surface area contributed by atoms with E-state index in [1.54, 1.807) is 0 Å². The standard InChI is InChI=1S/C32H35N3O11/c1-21(36)24-15-28(43-2)30(17-26(24)34(39)40)44-13-7-4-8-14-45-31-18-27(35(41)42)25(32(38)33-12-11-23(37)19-33)16-29(31)46-20-22-9-5-3-6-10-22/h3,5-6,9-10,15-18,23,37H,4,7-8,11-14,19-20H2,1-2H3. The third kappa shape index (κ3) is 8.47. The third-order valence-electron chi connectivity index (χ3n) is 7.34. The summed E-state index contributed by atoms with van der Waals surface area (Å²) in [6.07, 6.45) is 1.40. The molecule has 14 heteroatoms. The number of hydrogen-bond donors (Lipinski definition) is 1. The smallest absolute Gasteiger partial charge is 0.286 e. The minimum Gasteiger partial charge on any atom is -0.493 e. The molecule has 1 fully saturated rings. The van der Waals surface area contributed by atoms with Crippen LogP contribution in [0, 0.1) is 20.2 Å². The van der Waals surface area contributed by atoms with Gasteiger partial charge in [0.05, 0.1) is 54.0 Å². The van der Waals surface area contributed by atoms with Crippen molar-refractivity contribution in [2.24, 2.45) is 0 Å². The molecule has 0 aromatic heterocycles. The number of β-amino-alcohol motifs (C(OH)–C–C–N with tert-alkyl or cyclic N) is 1. The number of hydrogen-bond acceptors (Lipinski definition) is 11. The van der Waals surface area contributed by atoms with Gasteiger partial charge in [0.2, 0.25) is 0 Å². The van der Waals surface area contributed by atoms with E-state index in [1.807, 2.05) is 30.3 Å². The number of methoxy groups -OCH3 is 1. The van der Waals surface area contributed by atoms with Gasteiger partial charge >= 0.3 is 0 Å². The Morgan fingerprint density at radius 3 is 1.96 bits per heavy atom. The summed E-state index contributed by atoms with van der Waals surface area (Å²) in [5.41, 5.74) is -0.188. The number of benzene rings is 3. The average molecular weight is 638 g/mol. The molecule has 1 aliphatic rings. The van der Waals surface area contributed by atoms with Gasteiger partial charge in [-0.3, -0.25) is 29.8 Å². The van der Waals surface area contributed by atoms with Crippen molar-refractivity contribution < 1.29 is 43.5 Å². The van der Waals surface area contributed by atoms with E-state index in [-0.39, 0.29) is 72.7 Å². The number of ketones is 1.